The summed E-state index contributed by atoms with van der Waals surface area (Å²) < 4.78 is 6.41. The van der Waals surface area contributed by atoms with Crippen molar-refractivity contribution in [2.45, 2.75) is 28.9 Å². The molecule has 1 aliphatic rings. The lowest BCUT2D eigenvalue weighted by Crippen LogP contribution is -2.16. The van der Waals surface area contributed by atoms with Crippen LogP contribution in [0.4, 0.5) is 5.69 Å². The Morgan fingerprint density at radius 1 is 1.35 bits per heavy atom. The number of nitrogens with two attached hydrogens (primary N) is 1. The van der Waals surface area contributed by atoms with E-state index in [1.165, 1.54) is 11.8 Å². The number of nitrogens with one attached hydrogen (secondary N) is 1. The maximum absolute atomic E-state index is 11.7. The van der Waals surface area contributed by atoms with Gasteiger partial charge in [0.15, 0.2) is 16.2 Å². The topological polar surface area (TPSA) is 116 Å². The minimum absolute atomic E-state index is 0.181. The van der Waals surface area contributed by atoms with Crippen molar-refractivity contribution in [3.63, 3.8) is 0 Å². The molecule has 1 fully saturated rings. The van der Waals surface area contributed by atoms with Crippen LogP contribution in [0.2, 0.25) is 0 Å². The summed E-state index contributed by atoms with van der Waals surface area (Å²) in [5.74, 6) is 0. The molecular formula is C11H10N6O2S. The molecule has 0 atom stereocenters. The van der Waals surface area contributed by atoms with E-state index in [0.717, 1.165) is 17.7 Å². The number of nitrogens with zero attached hydrogens (tertiary/aromatic N) is 4. The van der Waals surface area contributed by atoms with Gasteiger partial charge in [-0.05, 0) is 47.0 Å². The number of aromatic nitrogens is 5. The van der Waals surface area contributed by atoms with Gasteiger partial charge in [0.05, 0.1) is 5.69 Å². The Morgan fingerprint density at radius 2 is 2.15 bits per heavy atom. The van der Waals surface area contributed by atoms with Gasteiger partial charge in [-0.1, -0.05) is 0 Å². The molecule has 0 unspecified atom stereocenters. The van der Waals surface area contributed by atoms with Gasteiger partial charge in [0, 0.05) is 10.9 Å². The normalized spacial score (nSPS) is 15.0. The standard InChI is InChI=1S/C11H10N6O2S/c12-6-3-4-7(9-8(6)15-19-16-9)20-11-14-13-10(18)17(11)5-1-2-5/h3-5H,1-2,12H2,(H,13,18). The average Bonchev–Trinajstić information content (AvgIpc) is 3.01. The summed E-state index contributed by atoms with van der Waals surface area (Å²) in [6.45, 7) is 0. The van der Waals surface area contributed by atoms with Crippen molar-refractivity contribution in [3.8, 4) is 0 Å². The maximum Gasteiger partial charge on any atom is 0.344 e. The molecule has 3 aromatic rings. The molecule has 1 aromatic carbocycles. The molecule has 20 heavy (non-hydrogen) atoms. The summed E-state index contributed by atoms with van der Waals surface area (Å²) in [7, 11) is 0. The Labute approximate surface area is 116 Å². The number of rotatable bonds is 3. The van der Waals surface area contributed by atoms with Crippen molar-refractivity contribution in [1.82, 2.24) is 25.1 Å². The third-order valence-corrected chi connectivity index (χ3v) is 4.21. The number of aromatic amines is 1. The van der Waals surface area contributed by atoms with Crippen LogP contribution in [0.5, 0.6) is 0 Å². The first-order chi connectivity index (χ1) is 9.74. The fraction of sp³-hybridized carbons (Fsp3) is 0.273. The van der Waals surface area contributed by atoms with Gasteiger partial charge in [-0.2, -0.15) is 0 Å². The van der Waals surface area contributed by atoms with Crippen LogP contribution in [0, 0.1) is 0 Å². The first-order valence-corrected chi connectivity index (χ1v) is 6.91. The number of fused-ring (bicyclic) bond motifs is 1. The van der Waals surface area contributed by atoms with E-state index in [4.69, 9.17) is 10.4 Å². The molecule has 0 amide bonds. The largest absolute Gasteiger partial charge is 0.397 e. The van der Waals surface area contributed by atoms with Gasteiger partial charge >= 0.3 is 5.69 Å². The third kappa shape index (κ3) is 1.70. The Balaban J connectivity index is 1.80. The molecule has 0 spiro atoms. The van der Waals surface area contributed by atoms with E-state index < -0.39 is 0 Å². The van der Waals surface area contributed by atoms with Crippen LogP contribution in [0.3, 0.4) is 0 Å². The van der Waals surface area contributed by atoms with E-state index in [9.17, 15) is 4.79 Å². The number of anilines is 1. The summed E-state index contributed by atoms with van der Waals surface area (Å²) in [6, 6.07) is 3.81. The highest BCUT2D eigenvalue weighted by Crippen LogP contribution is 2.39. The lowest BCUT2D eigenvalue weighted by atomic mass is 10.3. The molecule has 0 radical (unpaired) electrons. The average molecular weight is 290 g/mol. The fourth-order valence-corrected chi connectivity index (χ4v) is 3.05. The van der Waals surface area contributed by atoms with Crippen LogP contribution in [0.25, 0.3) is 11.0 Å². The van der Waals surface area contributed by atoms with Crippen LogP contribution >= 0.6 is 11.8 Å². The van der Waals surface area contributed by atoms with E-state index >= 15 is 0 Å². The van der Waals surface area contributed by atoms with Crippen LogP contribution in [0.15, 0.2) is 31.6 Å². The first-order valence-electron chi connectivity index (χ1n) is 6.09. The van der Waals surface area contributed by atoms with Gasteiger partial charge < -0.3 is 5.73 Å². The van der Waals surface area contributed by atoms with E-state index in [1.54, 1.807) is 10.6 Å². The van der Waals surface area contributed by atoms with E-state index in [1.807, 2.05) is 6.07 Å². The second-order valence-corrected chi connectivity index (χ2v) is 5.64. The highest BCUT2D eigenvalue weighted by Gasteiger charge is 2.29. The predicted molar refractivity (Wildman–Crippen MR) is 71.5 cm³/mol. The predicted octanol–water partition coefficient (Wildman–Crippen LogP) is 1.18. The lowest BCUT2D eigenvalue weighted by molar-refractivity contribution is 0.315. The number of nitrogen functional groups attached to an aromatic ring is 1. The van der Waals surface area contributed by atoms with Crippen LogP contribution in [-0.2, 0) is 0 Å². The number of benzene rings is 1. The first kappa shape index (κ1) is 11.5. The van der Waals surface area contributed by atoms with E-state index in [0.29, 0.717) is 21.9 Å². The highest BCUT2D eigenvalue weighted by molar-refractivity contribution is 7.99. The summed E-state index contributed by atoms with van der Waals surface area (Å²) >= 11 is 1.35. The summed E-state index contributed by atoms with van der Waals surface area (Å²) in [4.78, 5) is 12.5. The number of hydrogen-bond acceptors (Lipinski definition) is 7. The van der Waals surface area contributed by atoms with Crippen molar-refractivity contribution in [3.05, 3.63) is 22.6 Å². The van der Waals surface area contributed by atoms with E-state index in [2.05, 4.69) is 20.5 Å². The lowest BCUT2D eigenvalue weighted by Gasteiger charge is -2.03. The van der Waals surface area contributed by atoms with Gasteiger partial charge in [-0.15, -0.1) is 5.10 Å². The van der Waals surface area contributed by atoms with Gasteiger partial charge in [0.1, 0.15) is 0 Å². The molecule has 3 N–H and O–H groups in total. The molecule has 0 saturated heterocycles. The quantitative estimate of drug-likeness (QED) is 0.695. The minimum atomic E-state index is -0.181. The monoisotopic (exact) mass is 290 g/mol. The Morgan fingerprint density at radius 3 is 2.95 bits per heavy atom. The zero-order valence-corrected chi connectivity index (χ0v) is 11.1. The van der Waals surface area contributed by atoms with Crippen molar-refractivity contribution in [2.24, 2.45) is 0 Å². The van der Waals surface area contributed by atoms with E-state index in [-0.39, 0.29) is 11.7 Å². The Kier molecular flexibility index (Phi) is 2.36. The second kappa shape index (κ2) is 4.10. The summed E-state index contributed by atoms with van der Waals surface area (Å²) in [5, 5.41) is 14.8. The second-order valence-electron chi connectivity index (χ2n) is 4.63. The third-order valence-electron chi connectivity index (χ3n) is 3.19. The Hall–Kier alpha value is -2.29. The van der Waals surface area contributed by atoms with Gasteiger partial charge in [0.25, 0.3) is 0 Å². The van der Waals surface area contributed by atoms with Gasteiger partial charge in [0.2, 0.25) is 0 Å². The van der Waals surface area contributed by atoms with Crippen molar-refractivity contribution >= 4 is 28.5 Å². The smallest absolute Gasteiger partial charge is 0.344 e. The molecule has 102 valence electrons. The van der Waals surface area contributed by atoms with Crippen molar-refractivity contribution < 1.29 is 4.63 Å². The molecule has 1 aliphatic carbocycles. The summed E-state index contributed by atoms with van der Waals surface area (Å²) in [5.41, 5.74) is 7.23. The Bertz CT molecular complexity index is 846. The molecule has 9 heteroatoms. The van der Waals surface area contributed by atoms with Crippen LogP contribution in [0.1, 0.15) is 18.9 Å². The number of hydrogen-bond donors (Lipinski definition) is 2. The highest BCUT2D eigenvalue weighted by atomic mass is 32.2. The molecular weight excluding hydrogens is 280 g/mol. The van der Waals surface area contributed by atoms with Crippen LogP contribution in [-0.4, -0.2) is 25.1 Å². The van der Waals surface area contributed by atoms with Gasteiger partial charge in [-0.3, -0.25) is 4.57 Å². The zero-order chi connectivity index (χ0) is 13.7. The molecule has 4 rings (SSSR count). The van der Waals surface area contributed by atoms with Gasteiger partial charge in [-0.25, -0.2) is 14.5 Å². The molecule has 1 saturated carbocycles. The molecule has 2 heterocycles. The molecule has 0 aliphatic heterocycles. The fourth-order valence-electron chi connectivity index (χ4n) is 2.06. The zero-order valence-electron chi connectivity index (χ0n) is 10.2. The molecule has 8 nitrogen and oxygen atoms in total. The molecule has 2 aromatic heterocycles. The summed E-state index contributed by atoms with van der Waals surface area (Å²) in [6.07, 6.45) is 2.02. The molecule has 0 bridgehead atoms. The maximum atomic E-state index is 11.7. The minimum Gasteiger partial charge on any atom is -0.397 e. The SMILES string of the molecule is Nc1ccc(Sc2n[nH]c(=O)n2C2CC2)c2nonc12. The van der Waals surface area contributed by atoms with Crippen LogP contribution < -0.4 is 11.4 Å². The van der Waals surface area contributed by atoms with Crippen molar-refractivity contribution in [2.75, 3.05) is 5.73 Å². The van der Waals surface area contributed by atoms with Crippen molar-refractivity contribution in [1.29, 1.82) is 0 Å². The number of H-pyrrole nitrogens is 1.